The van der Waals surface area contributed by atoms with E-state index in [0.717, 1.165) is 18.7 Å². The number of nitrogens with one attached hydrogen (secondary N) is 1. The summed E-state index contributed by atoms with van der Waals surface area (Å²) < 4.78 is 14.7. The minimum atomic E-state index is -0.337. The number of benzene rings is 2. The minimum absolute atomic E-state index is 0.0647. The van der Waals surface area contributed by atoms with E-state index in [9.17, 15) is 9.18 Å². The summed E-state index contributed by atoms with van der Waals surface area (Å²) in [5.41, 5.74) is 2.42. The van der Waals surface area contributed by atoms with Crippen LogP contribution in [0.2, 0.25) is 5.02 Å². The van der Waals surface area contributed by atoms with Gasteiger partial charge < -0.3 is 5.32 Å². The molecule has 0 aliphatic heterocycles. The molecule has 3 rings (SSSR count). The molecule has 1 aromatic heterocycles. The quantitative estimate of drug-likeness (QED) is 0.583. The van der Waals surface area contributed by atoms with Gasteiger partial charge in [-0.05, 0) is 55.9 Å². The number of carbonyl (C=O) groups is 1. The molecule has 1 unspecified atom stereocenters. The lowest BCUT2D eigenvalue weighted by Gasteiger charge is -2.30. The summed E-state index contributed by atoms with van der Waals surface area (Å²) in [6, 6.07) is 13.5. The lowest BCUT2D eigenvalue weighted by Crippen LogP contribution is -2.38. The number of nitrogens with zero attached hydrogens (tertiary/aromatic N) is 4. The summed E-state index contributed by atoms with van der Waals surface area (Å²) in [4.78, 5) is 15.1. The molecule has 0 saturated heterocycles. The fraction of sp³-hybridized carbons (Fsp3) is 0.318. The Morgan fingerprint density at radius 3 is 2.47 bits per heavy atom. The van der Waals surface area contributed by atoms with Gasteiger partial charge in [0.15, 0.2) is 5.69 Å². The molecule has 1 atom stereocenters. The molecule has 2 aromatic carbocycles. The van der Waals surface area contributed by atoms with Gasteiger partial charge >= 0.3 is 0 Å². The van der Waals surface area contributed by atoms with Gasteiger partial charge in [0.25, 0.3) is 5.91 Å². The van der Waals surface area contributed by atoms with Gasteiger partial charge in [-0.2, -0.15) is 0 Å². The molecule has 8 heteroatoms. The zero-order chi connectivity index (χ0) is 21.7. The molecule has 1 N–H and O–H groups in total. The average molecular weight is 430 g/mol. The first-order valence-electron chi connectivity index (χ1n) is 9.91. The SMILES string of the molecule is CCN(CC)C(CNC(=O)c1nnn(-c2ccc(F)cc2)c1C)c1ccccc1Cl. The first kappa shape index (κ1) is 21.9. The predicted octanol–water partition coefficient (Wildman–Crippen LogP) is 4.18. The van der Waals surface area contributed by atoms with Crippen molar-refractivity contribution in [2.24, 2.45) is 0 Å². The summed E-state index contributed by atoms with van der Waals surface area (Å²) >= 11 is 6.43. The van der Waals surface area contributed by atoms with Gasteiger partial charge in [-0.3, -0.25) is 9.69 Å². The van der Waals surface area contributed by atoms with Crippen LogP contribution in [0.3, 0.4) is 0 Å². The van der Waals surface area contributed by atoms with Crippen LogP contribution in [0.5, 0.6) is 0 Å². The normalized spacial score (nSPS) is 12.2. The third-order valence-electron chi connectivity index (χ3n) is 5.15. The molecule has 0 radical (unpaired) electrons. The van der Waals surface area contributed by atoms with Crippen molar-refractivity contribution >= 4 is 17.5 Å². The standard InChI is InChI=1S/C22H25ClFN5O/c1-4-28(5-2)20(18-8-6-7-9-19(18)23)14-25-22(30)21-15(3)29(27-26-21)17-12-10-16(24)11-13-17/h6-13,20H,4-5,14H2,1-3H3,(H,25,30). The van der Waals surface area contributed by atoms with Crippen molar-refractivity contribution in [3.8, 4) is 5.69 Å². The van der Waals surface area contributed by atoms with E-state index >= 15 is 0 Å². The summed E-state index contributed by atoms with van der Waals surface area (Å²) in [6.45, 7) is 7.94. The molecule has 6 nitrogen and oxygen atoms in total. The van der Waals surface area contributed by atoms with E-state index in [4.69, 9.17) is 11.6 Å². The number of carbonyl (C=O) groups excluding carboxylic acids is 1. The van der Waals surface area contributed by atoms with E-state index in [0.29, 0.717) is 22.9 Å². The van der Waals surface area contributed by atoms with E-state index in [2.05, 4.69) is 34.4 Å². The topological polar surface area (TPSA) is 63.1 Å². The maximum Gasteiger partial charge on any atom is 0.273 e. The van der Waals surface area contributed by atoms with Crippen molar-refractivity contribution in [2.75, 3.05) is 19.6 Å². The highest BCUT2D eigenvalue weighted by Crippen LogP contribution is 2.27. The monoisotopic (exact) mass is 429 g/mol. The highest BCUT2D eigenvalue weighted by atomic mass is 35.5. The van der Waals surface area contributed by atoms with Crippen LogP contribution >= 0.6 is 11.6 Å². The largest absolute Gasteiger partial charge is 0.349 e. The Labute approximate surface area is 180 Å². The van der Waals surface area contributed by atoms with Crippen LogP contribution in [0.1, 0.15) is 41.6 Å². The lowest BCUT2D eigenvalue weighted by atomic mass is 10.0. The Hall–Kier alpha value is -2.77. The van der Waals surface area contributed by atoms with Gasteiger partial charge in [-0.15, -0.1) is 5.10 Å². The number of likely N-dealkylation sites (N-methyl/N-ethyl adjacent to an activating group) is 1. The molecule has 158 valence electrons. The molecule has 1 heterocycles. The second kappa shape index (κ2) is 9.82. The van der Waals surface area contributed by atoms with E-state index in [1.807, 2.05) is 24.3 Å². The third-order valence-corrected chi connectivity index (χ3v) is 5.50. The third kappa shape index (κ3) is 4.68. The molecule has 0 aliphatic carbocycles. The van der Waals surface area contributed by atoms with Crippen LogP contribution in [0.15, 0.2) is 48.5 Å². The smallest absolute Gasteiger partial charge is 0.273 e. The highest BCUT2D eigenvalue weighted by Gasteiger charge is 2.23. The fourth-order valence-electron chi connectivity index (χ4n) is 3.49. The van der Waals surface area contributed by atoms with Gasteiger partial charge in [0.05, 0.1) is 17.4 Å². The van der Waals surface area contributed by atoms with Crippen LogP contribution in [-0.4, -0.2) is 45.4 Å². The van der Waals surface area contributed by atoms with Gasteiger partial charge in [-0.25, -0.2) is 9.07 Å². The zero-order valence-corrected chi connectivity index (χ0v) is 18.0. The number of hydrogen-bond acceptors (Lipinski definition) is 4. The molecule has 1 amide bonds. The van der Waals surface area contributed by atoms with E-state index in [1.54, 1.807) is 19.1 Å². The number of hydrogen-bond donors (Lipinski definition) is 1. The maximum atomic E-state index is 13.2. The van der Waals surface area contributed by atoms with Crippen molar-refractivity contribution < 1.29 is 9.18 Å². The second-order valence-corrected chi connectivity index (χ2v) is 7.29. The lowest BCUT2D eigenvalue weighted by molar-refractivity contribution is 0.0929. The first-order chi connectivity index (χ1) is 14.5. The average Bonchev–Trinajstić information content (AvgIpc) is 3.13. The van der Waals surface area contributed by atoms with E-state index < -0.39 is 0 Å². The molecule has 3 aromatic rings. The Morgan fingerprint density at radius 1 is 1.17 bits per heavy atom. The Morgan fingerprint density at radius 2 is 1.83 bits per heavy atom. The molecular formula is C22H25ClFN5O. The number of aromatic nitrogens is 3. The van der Waals surface area contributed by atoms with Crippen molar-refractivity contribution in [2.45, 2.75) is 26.8 Å². The van der Waals surface area contributed by atoms with E-state index in [-0.39, 0.29) is 23.5 Å². The van der Waals surface area contributed by atoms with Crippen molar-refractivity contribution in [1.29, 1.82) is 0 Å². The summed E-state index contributed by atoms with van der Waals surface area (Å²) in [5.74, 6) is -0.651. The number of halogens is 2. The van der Waals surface area contributed by atoms with Gasteiger partial charge in [0.1, 0.15) is 5.82 Å². The Kier molecular flexibility index (Phi) is 7.18. The van der Waals surface area contributed by atoms with Crippen LogP contribution in [0, 0.1) is 12.7 Å². The summed E-state index contributed by atoms with van der Waals surface area (Å²) in [5, 5.41) is 11.7. The van der Waals surface area contributed by atoms with Gasteiger partial charge in [-0.1, -0.05) is 48.9 Å². The van der Waals surface area contributed by atoms with Crippen LogP contribution in [-0.2, 0) is 0 Å². The van der Waals surface area contributed by atoms with Gasteiger partial charge in [0.2, 0.25) is 0 Å². The molecule has 0 bridgehead atoms. The molecule has 30 heavy (non-hydrogen) atoms. The van der Waals surface area contributed by atoms with Crippen molar-refractivity contribution in [3.63, 3.8) is 0 Å². The molecule has 0 fully saturated rings. The van der Waals surface area contributed by atoms with Crippen LogP contribution < -0.4 is 5.32 Å². The Balaban J connectivity index is 1.79. The summed E-state index contributed by atoms with van der Waals surface area (Å²) in [6.07, 6.45) is 0. The zero-order valence-electron chi connectivity index (χ0n) is 17.3. The highest BCUT2D eigenvalue weighted by molar-refractivity contribution is 6.31. The van der Waals surface area contributed by atoms with Crippen LogP contribution in [0.4, 0.5) is 4.39 Å². The predicted molar refractivity (Wildman–Crippen MR) is 116 cm³/mol. The number of rotatable bonds is 8. The first-order valence-corrected chi connectivity index (χ1v) is 10.3. The molecule has 0 aliphatic rings. The van der Waals surface area contributed by atoms with Crippen molar-refractivity contribution in [1.82, 2.24) is 25.2 Å². The van der Waals surface area contributed by atoms with Crippen molar-refractivity contribution in [3.05, 3.63) is 76.3 Å². The summed E-state index contributed by atoms with van der Waals surface area (Å²) in [7, 11) is 0. The minimum Gasteiger partial charge on any atom is -0.349 e. The number of amides is 1. The maximum absolute atomic E-state index is 13.2. The second-order valence-electron chi connectivity index (χ2n) is 6.88. The Bertz CT molecular complexity index is 1000. The van der Waals surface area contributed by atoms with E-state index in [1.165, 1.54) is 16.8 Å². The fourth-order valence-corrected chi connectivity index (χ4v) is 3.75. The van der Waals surface area contributed by atoms with Crippen LogP contribution in [0.25, 0.3) is 5.69 Å². The molecule has 0 saturated carbocycles. The van der Waals surface area contributed by atoms with Gasteiger partial charge in [0, 0.05) is 11.6 Å². The molecular weight excluding hydrogens is 405 g/mol. The molecule has 0 spiro atoms.